The van der Waals surface area contributed by atoms with Crippen molar-refractivity contribution in [2.24, 2.45) is 0 Å². The molecule has 1 N–H and O–H groups in total. The Bertz CT molecular complexity index is 679. The van der Waals surface area contributed by atoms with Gasteiger partial charge < -0.3 is 14.9 Å². The molecule has 124 valence electrons. The first-order valence-corrected chi connectivity index (χ1v) is 6.79. The number of amides is 1. The normalized spacial score (nSPS) is 23.4. The highest BCUT2D eigenvalue weighted by Crippen LogP contribution is 2.39. The Kier molecular flexibility index (Phi) is 3.34. The third-order valence-corrected chi connectivity index (χ3v) is 4.26. The lowest BCUT2D eigenvalue weighted by atomic mass is 10.1. The van der Waals surface area contributed by atoms with Gasteiger partial charge in [0.15, 0.2) is 0 Å². The van der Waals surface area contributed by atoms with E-state index in [0.29, 0.717) is 12.5 Å². The van der Waals surface area contributed by atoms with Gasteiger partial charge in [0, 0.05) is 37.0 Å². The van der Waals surface area contributed by atoms with Crippen LogP contribution < -0.4 is 4.90 Å². The van der Waals surface area contributed by atoms with Gasteiger partial charge in [-0.1, -0.05) is 0 Å². The van der Waals surface area contributed by atoms with Crippen LogP contribution in [-0.2, 0) is 6.18 Å². The summed E-state index contributed by atoms with van der Waals surface area (Å²) in [5.41, 5.74) is -1.61. The summed E-state index contributed by atoms with van der Waals surface area (Å²) >= 11 is 0. The second kappa shape index (κ2) is 5.00. The van der Waals surface area contributed by atoms with Crippen molar-refractivity contribution in [2.45, 2.75) is 24.7 Å². The van der Waals surface area contributed by atoms with Crippen LogP contribution in [0, 0.1) is 10.1 Å². The molecule has 0 aromatic heterocycles. The van der Waals surface area contributed by atoms with Gasteiger partial charge in [0.05, 0.1) is 16.5 Å². The van der Waals surface area contributed by atoms with E-state index in [-0.39, 0.29) is 30.9 Å². The molecule has 23 heavy (non-hydrogen) atoms. The van der Waals surface area contributed by atoms with Crippen LogP contribution in [0.15, 0.2) is 18.2 Å². The lowest BCUT2D eigenvalue weighted by Crippen LogP contribution is -2.48. The first-order chi connectivity index (χ1) is 10.7. The number of hydrogen-bond acceptors (Lipinski definition) is 4. The van der Waals surface area contributed by atoms with E-state index in [0.717, 1.165) is 12.1 Å². The van der Waals surface area contributed by atoms with Gasteiger partial charge in [-0.15, -0.1) is 0 Å². The Morgan fingerprint density at radius 3 is 2.43 bits per heavy atom. The van der Waals surface area contributed by atoms with Gasteiger partial charge in [0.2, 0.25) is 0 Å². The fraction of sp³-hybridized carbons (Fsp3) is 0.462. The highest BCUT2D eigenvalue weighted by Gasteiger charge is 2.46. The number of fused-ring (bicyclic) bond motifs is 2. The molecule has 0 aliphatic carbocycles. The van der Waals surface area contributed by atoms with E-state index < -0.39 is 28.4 Å². The third kappa shape index (κ3) is 2.64. The van der Waals surface area contributed by atoms with E-state index in [1.54, 1.807) is 4.90 Å². The van der Waals surface area contributed by atoms with E-state index >= 15 is 0 Å². The molecule has 1 amide bonds. The van der Waals surface area contributed by atoms with Gasteiger partial charge >= 0.3 is 12.3 Å². The summed E-state index contributed by atoms with van der Waals surface area (Å²) in [6.45, 7) is 0.416. The lowest BCUT2D eigenvalue weighted by Gasteiger charge is -2.34. The molecule has 2 bridgehead atoms. The van der Waals surface area contributed by atoms with Crippen LogP contribution >= 0.6 is 0 Å². The highest BCUT2D eigenvalue weighted by molar-refractivity contribution is 5.68. The zero-order valence-corrected chi connectivity index (χ0v) is 11.7. The number of non-ortho nitro benzene ring substituents is 1. The van der Waals surface area contributed by atoms with E-state index in [9.17, 15) is 28.1 Å². The molecule has 7 nitrogen and oxygen atoms in total. The average molecular weight is 331 g/mol. The van der Waals surface area contributed by atoms with Crippen molar-refractivity contribution in [1.82, 2.24) is 4.90 Å². The van der Waals surface area contributed by atoms with Crippen molar-refractivity contribution < 1.29 is 28.0 Å². The van der Waals surface area contributed by atoms with Gasteiger partial charge in [0.25, 0.3) is 5.69 Å². The number of nitro groups is 1. The number of benzene rings is 1. The SMILES string of the molecule is O=C(O)N1CC2CC1CN2c1cc([N+](=O)[O-])cc(C(F)(F)F)c1. The number of nitro benzene ring substituents is 1. The van der Waals surface area contributed by atoms with Gasteiger partial charge in [-0.2, -0.15) is 13.2 Å². The minimum atomic E-state index is -4.69. The first-order valence-electron chi connectivity index (χ1n) is 6.79. The van der Waals surface area contributed by atoms with Crippen molar-refractivity contribution in [3.8, 4) is 0 Å². The second-order valence-corrected chi connectivity index (χ2v) is 5.62. The summed E-state index contributed by atoms with van der Waals surface area (Å²) in [6, 6.07) is 1.91. The molecule has 2 unspecified atom stereocenters. The molecule has 1 aromatic rings. The van der Waals surface area contributed by atoms with Crippen LogP contribution in [0.5, 0.6) is 0 Å². The number of halogens is 3. The Hall–Kier alpha value is -2.52. The summed E-state index contributed by atoms with van der Waals surface area (Å²) in [5, 5.41) is 19.9. The van der Waals surface area contributed by atoms with Crippen LogP contribution in [0.25, 0.3) is 0 Å². The van der Waals surface area contributed by atoms with Crippen LogP contribution in [0.3, 0.4) is 0 Å². The van der Waals surface area contributed by atoms with Crippen molar-refractivity contribution >= 4 is 17.5 Å². The lowest BCUT2D eigenvalue weighted by molar-refractivity contribution is -0.385. The van der Waals surface area contributed by atoms with Crippen LogP contribution in [0.2, 0.25) is 0 Å². The van der Waals surface area contributed by atoms with E-state index in [1.165, 1.54) is 4.90 Å². The molecule has 0 radical (unpaired) electrons. The number of anilines is 1. The Labute approximate surface area is 128 Å². The largest absolute Gasteiger partial charge is 0.465 e. The molecule has 10 heteroatoms. The molecule has 0 saturated carbocycles. The number of carbonyl (C=O) groups is 1. The maximum Gasteiger partial charge on any atom is 0.416 e. The molecule has 2 fully saturated rings. The number of hydrogen-bond donors (Lipinski definition) is 1. The second-order valence-electron chi connectivity index (χ2n) is 5.62. The fourth-order valence-electron chi connectivity index (χ4n) is 3.25. The molecular formula is C13H12F3N3O4. The van der Waals surface area contributed by atoms with Gasteiger partial charge in [-0.05, 0) is 12.5 Å². The first kappa shape index (κ1) is 15.4. The summed E-state index contributed by atoms with van der Waals surface area (Å²) in [4.78, 5) is 23.9. The number of piperazine rings is 1. The Morgan fingerprint density at radius 2 is 1.96 bits per heavy atom. The topological polar surface area (TPSA) is 86.9 Å². The number of likely N-dealkylation sites (tertiary alicyclic amines) is 1. The summed E-state index contributed by atoms with van der Waals surface area (Å²) in [6.07, 6.45) is -5.24. The Balaban J connectivity index is 1.94. The fourth-order valence-corrected chi connectivity index (χ4v) is 3.25. The molecule has 2 aliphatic heterocycles. The maximum absolute atomic E-state index is 12.9. The average Bonchev–Trinajstić information content (AvgIpc) is 3.05. The molecular weight excluding hydrogens is 319 g/mol. The van der Waals surface area contributed by atoms with Crippen molar-refractivity contribution in [2.75, 3.05) is 18.0 Å². The van der Waals surface area contributed by atoms with Crippen molar-refractivity contribution in [3.63, 3.8) is 0 Å². The number of alkyl halides is 3. The third-order valence-electron chi connectivity index (χ3n) is 4.26. The standard InChI is InChI=1S/C13H12F3N3O4/c14-13(15,16)7-1-8(3-9(2-7)19(22)23)17-5-11-4-10(17)6-18(11)12(20)21/h1-3,10-11H,4-6H2,(H,20,21). The predicted molar refractivity (Wildman–Crippen MR) is 72.4 cm³/mol. The number of carboxylic acid groups (broad SMARTS) is 1. The minimum Gasteiger partial charge on any atom is -0.465 e. The smallest absolute Gasteiger partial charge is 0.416 e. The molecule has 2 heterocycles. The summed E-state index contributed by atoms with van der Waals surface area (Å²) in [7, 11) is 0. The molecule has 0 spiro atoms. The monoisotopic (exact) mass is 331 g/mol. The zero-order chi connectivity index (χ0) is 16.9. The van der Waals surface area contributed by atoms with Crippen LogP contribution in [-0.4, -0.2) is 46.2 Å². The number of nitrogens with zero attached hydrogens (tertiary/aromatic N) is 3. The van der Waals surface area contributed by atoms with E-state index in [4.69, 9.17) is 5.11 Å². The maximum atomic E-state index is 12.9. The molecule has 2 aliphatic rings. The number of rotatable bonds is 2. The van der Waals surface area contributed by atoms with E-state index in [1.807, 2.05) is 0 Å². The quantitative estimate of drug-likeness (QED) is 0.665. The van der Waals surface area contributed by atoms with Gasteiger partial charge in [-0.25, -0.2) is 4.79 Å². The molecule has 2 saturated heterocycles. The zero-order valence-electron chi connectivity index (χ0n) is 11.7. The van der Waals surface area contributed by atoms with Crippen molar-refractivity contribution in [3.05, 3.63) is 33.9 Å². The molecule has 1 aromatic carbocycles. The van der Waals surface area contributed by atoms with E-state index in [2.05, 4.69) is 0 Å². The van der Waals surface area contributed by atoms with Crippen LogP contribution in [0.1, 0.15) is 12.0 Å². The van der Waals surface area contributed by atoms with Crippen LogP contribution in [0.4, 0.5) is 29.3 Å². The predicted octanol–water partition coefficient (Wildman–Crippen LogP) is 2.55. The van der Waals surface area contributed by atoms with Crippen molar-refractivity contribution in [1.29, 1.82) is 0 Å². The molecule has 2 atom stereocenters. The summed E-state index contributed by atoms with van der Waals surface area (Å²) < 4.78 is 38.8. The van der Waals surface area contributed by atoms with Gasteiger partial charge in [-0.3, -0.25) is 10.1 Å². The van der Waals surface area contributed by atoms with Gasteiger partial charge in [0.1, 0.15) is 0 Å². The summed E-state index contributed by atoms with van der Waals surface area (Å²) in [5.74, 6) is 0. The minimum absolute atomic E-state index is 0.101. The molecule has 3 rings (SSSR count). The Morgan fingerprint density at radius 1 is 1.26 bits per heavy atom. The highest BCUT2D eigenvalue weighted by atomic mass is 19.4.